The molecule has 0 saturated heterocycles. The van der Waals surface area contributed by atoms with E-state index in [1.807, 2.05) is 0 Å². The van der Waals surface area contributed by atoms with Gasteiger partial charge in [-0.2, -0.15) is 0 Å². The zero-order valence-electron chi connectivity index (χ0n) is 9.48. The van der Waals surface area contributed by atoms with E-state index < -0.39 is 4.92 Å². The number of rotatable bonds is 5. The molecule has 0 bridgehead atoms. The maximum absolute atomic E-state index is 10.6. The molecule has 4 N–H and O–H groups in total. The molecule has 0 aliphatic rings. The second-order valence-corrected chi connectivity index (χ2v) is 4.83. The predicted molar refractivity (Wildman–Crippen MR) is 65.8 cm³/mol. The van der Waals surface area contributed by atoms with Crippen molar-refractivity contribution in [2.45, 2.75) is 17.2 Å². The molecule has 8 nitrogen and oxygen atoms in total. The van der Waals surface area contributed by atoms with Crippen LogP contribution in [-0.2, 0) is 0 Å². The Kier molecular flexibility index (Phi) is 4.86. The van der Waals surface area contributed by atoms with Gasteiger partial charge in [0.05, 0.1) is 17.1 Å². The molecule has 98 valence electrons. The second kappa shape index (κ2) is 6.17. The predicted octanol–water partition coefficient (Wildman–Crippen LogP) is 0.557. The van der Waals surface area contributed by atoms with Gasteiger partial charge in [0.2, 0.25) is 0 Å². The minimum atomic E-state index is -0.620. The van der Waals surface area contributed by atoms with Gasteiger partial charge >= 0.3 is 0 Å². The van der Waals surface area contributed by atoms with E-state index in [4.69, 9.17) is 16.0 Å². The normalized spacial score (nSPS) is 13.3. The molecular formula is C9H12N4O4S. The van der Waals surface area contributed by atoms with Crippen molar-refractivity contribution in [2.24, 2.45) is 10.9 Å². The Balaban J connectivity index is 3.21. The quantitative estimate of drug-likeness (QED) is 0.178. The third-order valence-corrected chi connectivity index (χ3v) is 3.10. The lowest BCUT2D eigenvalue weighted by atomic mass is 10.2. The van der Waals surface area contributed by atoms with E-state index in [-0.39, 0.29) is 28.9 Å². The SMILES string of the molecule is CC(CO)Sc1ncc([N+](=O)[O-])cc1C(N)=NO. The molecule has 0 aliphatic heterocycles. The molecule has 0 fully saturated rings. The molecule has 1 rings (SSSR count). The Morgan fingerprint density at radius 1 is 1.78 bits per heavy atom. The second-order valence-electron chi connectivity index (χ2n) is 3.40. The van der Waals surface area contributed by atoms with Gasteiger partial charge in [0, 0.05) is 11.3 Å². The number of thioether (sulfide) groups is 1. The highest BCUT2D eigenvalue weighted by molar-refractivity contribution is 7.99. The zero-order chi connectivity index (χ0) is 13.7. The van der Waals surface area contributed by atoms with Crippen LogP contribution in [-0.4, -0.2) is 37.9 Å². The van der Waals surface area contributed by atoms with Gasteiger partial charge in [0.15, 0.2) is 5.84 Å². The Hall–Kier alpha value is -1.87. The van der Waals surface area contributed by atoms with Crippen LogP contribution in [0, 0.1) is 10.1 Å². The van der Waals surface area contributed by atoms with Crippen LogP contribution in [0.4, 0.5) is 5.69 Å². The summed E-state index contributed by atoms with van der Waals surface area (Å²) >= 11 is 1.18. The molecular weight excluding hydrogens is 260 g/mol. The molecule has 0 radical (unpaired) electrons. The van der Waals surface area contributed by atoms with Crippen LogP contribution in [0.25, 0.3) is 0 Å². The smallest absolute Gasteiger partial charge is 0.288 e. The van der Waals surface area contributed by atoms with Crippen LogP contribution in [0.15, 0.2) is 22.4 Å². The maximum Gasteiger partial charge on any atom is 0.288 e. The molecule has 0 saturated carbocycles. The minimum Gasteiger partial charge on any atom is -0.409 e. The van der Waals surface area contributed by atoms with E-state index in [0.717, 1.165) is 6.20 Å². The first kappa shape index (κ1) is 14.2. The van der Waals surface area contributed by atoms with Crippen LogP contribution in [0.5, 0.6) is 0 Å². The Morgan fingerprint density at radius 2 is 2.44 bits per heavy atom. The van der Waals surface area contributed by atoms with Gasteiger partial charge in [-0.05, 0) is 0 Å². The standard InChI is InChI=1S/C9H12N4O4S/c1-5(4-14)18-9-7(8(10)12-15)2-6(3-11-9)13(16)17/h2-3,5,14-15H,4H2,1H3,(H2,10,12). The Labute approximate surface area is 107 Å². The monoisotopic (exact) mass is 272 g/mol. The molecule has 0 aromatic carbocycles. The fraction of sp³-hybridized carbons (Fsp3) is 0.333. The molecule has 1 atom stereocenters. The van der Waals surface area contributed by atoms with Gasteiger partial charge in [-0.1, -0.05) is 12.1 Å². The fourth-order valence-electron chi connectivity index (χ4n) is 1.10. The molecule has 1 aromatic rings. The first-order valence-corrected chi connectivity index (χ1v) is 5.77. The third kappa shape index (κ3) is 3.31. The molecule has 18 heavy (non-hydrogen) atoms. The van der Waals surface area contributed by atoms with Crippen LogP contribution < -0.4 is 5.73 Å². The van der Waals surface area contributed by atoms with E-state index in [0.29, 0.717) is 5.03 Å². The van der Waals surface area contributed by atoms with Gasteiger partial charge < -0.3 is 16.0 Å². The maximum atomic E-state index is 10.6. The minimum absolute atomic E-state index is 0.0844. The van der Waals surface area contributed by atoms with Gasteiger partial charge in [0.25, 0.3) is 5.69 Å². The van der Waals surface area contributed by atoms with Crippen molar-refractivity contribution in [1.29, 1.82) is 0 Å². The van der Waals surface area contributed by atoms with Crippen molar-refractivity contribution in [3.63, 3.8) is 0 Å². The lowest BCUT2D eigenvalue weighted by Gasteiger charge is -2.10. The average molecular weight is 272 g/mol. The lowest BCUT2D eigenvalue weighted by Crippen LogP contribution is -2.16. The number of hydrogen-bond acceptors (Lipinski definition) is 7. The Bertz CT molecular complexity index is 480. The summed E-state index contributed by atoms with van der Waals surface area (Å²) < 4.78 is 0. The number of oxime groups is 1. The van der Waals surface area contributed by atoms with E-state index in [2.05, 4.69) is 10.1 Å². The third-order valence-electron chi connectivity index (χ3n) is 2.00. The van der Waals surface area contributed by atoms with Crippen LogP contribution in [0.3, 0.4) is 0 Å². The van der Waals surface area contributed by atoms with Gasteiger partial charge in [-0.25, -0.2) is 4.98 Å². The largest absolute Gasteiger partial charge is 0.409 e. The highest BCUT2D eigenvalue weighted by atomic mass is 32.2. The van der Waals surface area contributed by atoms with Crippen molar-refractivity contribution in [3.8, 4) is 0 Å². The van der Waals surface area contributed by atoms with Crippen molar-refractivity contribution in [3.05, 3.63) is 27.9 Å². The van der Waals surface area contributed by atoms with Crippen molar-refractivity contribution >= 4 is 23.3 Å². The number of nitro groups is 1. The summed E-state index contributed by atoms with van der Waals surface area (Å²) in [6, 6.07) is 1.18. The summed E-state index contributed by atoms with van der Waals surface area (Å²) in [5, 5.41) is 31.2. The van der Waals surface area contributed by atoms with Crippen LogP contribution in [0.2, 0.25) is 0 Å². The summed E-state index contributed by atoms with van der Waals surface area (Å²) in [5.74, 6) is -0.265. The molecule has 0 aliphatic carbocycles. The number of amidine groups is 1. The van der Waals surface area contributed by atoms with Gasteiger partial charge in [-0.3, -0.25) is 10.1 Å². The highest BCUT2D eigenvalue weighted by Gasteiger charge is 2.17. The molecule has 0 spiro atoms. The van der Waals surface area contributed by atoms with E-state index in [9.17, 15) is 10.1 Å². The van der Waals surface area contributed by atoms with Gasteiger partial charge in [0.1, 0.15) is 11.2 Å². The number of nitrogens with two attached hydrogens (primary N) is 1. The van der Waals surface area contributed by atoms with E-state index in [1.54, 1.807) is 6.92 Å². The van der Waals surface area contributed by atoms with Crippen LogP contribution in [0.1, 0.15) is 12.5 Å². The first-order chi connectivity index (χ1) is 8.49. The first-order valence-electron chi connectivity index (χ1n) is 4.89. The van der Waals surface area contributed by atoms with E-state index >= 15 is 0 Å². The number of hydrogen-bond donors (Lipinski definition) is 3. The highest BCUT2D eigenvalue weighted by Crippen LogP contribution is 2.27. The number of pyridine rings is 1. The van der Waals surface area contributed by atoms with Crippen molar-refractivity contribution < 1.29 is 15.2 Å². The van der Waals surface area contributed by atoms with E-state index in [1.165, 1.54) is 17.8 Å². The topological polar surface area (TPSA) is 135 Å². The molecule has 1 aromatic heterocycles. The van der Waals surface area contributed by atoms with Crippen molar-refractivity contribution in [1.82, 2.24) is 4.98 Å². The lowest BCUT2D eigenvalue weighted by molar-refractivity contribution is -0.385. The van der Waals surface area contributed by atoms with Crippen molar-refractivity contribution in [2.75, 3.05) is 6.61 Å². The van der Waals surface area contributed by atoms with Gasteiger partial charge in [-0.15, -0.1) is 11.8 Å². The number of aromatic nitrogens is 1. The zero-order valence-corrected chi connectivity index (χ0v) is 10.3. The molecule has 1 heterocycles. The number of nitrogens with zero attached hydrogens (tertiary/aromatic N) is 3. The Morgan fingerprint density at radius 3 is 2.94 bits per heavy atom. The molecule has 0 amide bonds. The number of aliphatic hydroxyl groups is 1. The summed E-state index contributed by atoms with van der Waals surface area (Å²) in [4.78, 5) is 13.9. The fourth-order valence-corrected chi connectivity index (χ4v) is 1.96. The van der Waals surface area contributed by atoms with Crippen LogP contribution >= 0.6 is 11.8 Å². The number of aliphatic hydroxyl groups excluding tert-OH is 1. The average Bonchev–Trinajstić information content (AvgIpc) is 2.37. The summed E-state index contributed by atoms with van der Waals surface area (Å²) in [7, 11) is 0. The molecule has 9 heteroatoms. The summed E-state index contributed by atoms with van der Waals surface area (Å²) in [5.41, 5.74) is 5.35. The summed E-state index contributed by atoms with van der Waals surface area (Å²) in [6.07, 6.45) is 1.08. The summed E-state index contributed by atoms with van der Waals surface area (Å²) in [6.45, 7) is 1.67. The molecule has 1 unspecified atom stereocenters.